The van der Waals surface area contributed by atoms with Gasteiger partial charge in [0.2, 0.25) is 0 Å². The van der Waals surface area contributed by atoms with Crippen molar-refractivity contribution in [2.75, 3.05) is 25.0 Å². The summed E-state index contributed by atoms with van der Waals surface area (Å²) >= 11 is 5.96. The van der Waals surface area contributed by atoms with Gasteiger partial charge in [0.1, 0.15) is 5.56 Å². The Bertz CT molecular complexity index is 462. The molecule has 0 amide bonds. The molecule has 2 N–H and O–H groups in total. The minimum absolute atomic E-state index is 0.148. The van der Waals surface area contributed by atoms with Crippen molar-refractivity contribution >= 4 is 23.3 Å². The monoisotopic (exact) mass is 312 g/mol. The van der Waals surface area contributed by atoms with Gasteiger partial charge in [0.05, 0.1) is 10.7 Å². The third-order valence-electron chi connectivity index (χ3n) is 3.64. The second-order valence-electron chi connectivity index (χ2n) is 5.18. The summed E-state index contributed by atoms with van der Waals surface area (Å²) in [6, 6.07) is 5.33. The van der Waals surface area contributed by atoms with E-state index in [2.05, 4.69) is 31.0 Å². The predicted octanol–water partition coefficient (Wildman–Crippen LogP) is 3.96. The van der Waals surface area contributed by atoms with Gasteiger partial charge in [0, 0.05) is 6.04 Å². The van der Waals surface area contributed by atoms with Gasteiger partial charge in [0.25, 0.3) is 0 Å². The standard InChI is InChI=1S/C16H25ClN2O2/c1-4-19(5-2)11-7-8-12(3)18-14-10-6-9-13(17)15(14)16(20)21/h6,9-10,12,18H,4-5,7-8,11H2,1-3H3,(H,20,21). The largest absolute Gasteiger partial charge is 0.478 e. The first-order valence-corrected chi connectivity index (χ1v) is 7.88. The highest BCUT2D eigenvalue weighted by Gasteiger charge is 2.15. The SMILES string of the molecule is CCN(CC)CCCC(C)Nc1cccc(Cl)c1C(=O)O. The molecule has 1 aromatic rings. The molecular weight excluding hydrogens is 288 g/mol. The fourth-order valence-electron chi connectivity index (χ4n) is 2.36. The van der Waals surface area contributed by atoms with E-state index in [9.17, 15) is 9.90 Å². The van der Waals surface area contributed by atoms with Crippen molar-refractivity contribution in [3.63, 3.8) is 0 Å². The molecule has 1 unspecified atom stereocenters. The van der Waals surface area contributed by atoms with Crippen LogP contribution in [0.25, 0.3) is 0 Å². The number of nitrogens with zero attached hydrogens (tertiary/aromatic N) is 1. The highest BCUT2D eigenvalue weighted by molar-refractivity contribution is 6.34. The summed E-state index contributed by atoms with van der Waals surface area (Å²) in [5.41, 5.74) is 0.736. The Balaban J connectivity index is 2.57. The molecule has 0 aliphatic heterocycles. The minimum Gasteiger partial charge on any atom is -0.478 e. The molecule has 0 bridgehead atoms. The van der Waals surface area contributed by atoms with Crippen molar-refractivity contribution in [1.29, 1.82) is 0 Å². The lowest BCUT2D eigenvalue weighted by Gasteiger charge is -2.21. The van der Waals surface area contributed by atoms with Crippen LogP contribution in [0.1, 0.15) is 44.0 Å². The molecule has 0 aliphatic carbocycles. The predicted molar refractivity (Wildman–Crippen MR) is 88.5 cm³/mol. The summed E-state index contributed by atoms with van der Waals surface area (Å²) in [6.45, 7) is 9.59. The van der Waals surface area contributed by atoms with Crippen LogP contribution in [0.15, 0.2) is 18.2 Å². The number of carboxylic acid groups (broad SMARTS) is 1. The molecule has 1 rings (SSSR count). The summed E-state index contributed by atoms with van der Waals surface area (Å²) in [4.78, 5) is 13.7. The smallest absolute Gasteiger partial charge is 0.339 e. The topological polar surface area (TPSA) is 52.6 Å². The molecule has 118 valence electrons. The number of carboxylic acids is 1. The van der Waals surface area contributed by atoms with Crippen molar-refractivity contribution in [3.05, 3.63) is 28.8 Å². The number of aromatic carboxylic acids is 1. The molecule has 0 saturated heterocycles. The van der Waals surface area contributed by atoms with Gasteiger partial charge in [-0.3, -0.25) is 0 Å². The van der Waals surface area contributed by atoms with Crippen LogP contribution in [-0.4, -0.2) is 41.7 Å². The summed E-state index contributed by atoms with van der Waals surface area (Å²) in [5.74, 6) is -1.00. The third-order valence-corrected chi connectivity index (χ3v) is 3.95. The molecule has 0 aromatic heterocycles. The maximum absolute atomic E-state index is 11.3. The molecule has 1 aromatic carbocycles. The summed E-state index contributed by atoms with van der Waals surface area (Å²) < 4.78 is 0. The fourth-order valence-corrected chi connectivity index (χ4v) is 2.62. The van der Waals surface area contributed by atoms with Crippen LogP contribution in [-0.2, 0) is 0 Å². The number of nitrogens with one attached hydrogen (secondary N) is 1. The number of hydrogen-bond acceptors (Lipinski definition) is 3. The Morgan fingerprint density at radius 1 is 1.38 bits per heavy atom. The second-order valence-corrected chi connectivity index (χ2v) is 5.59. The quantitative estimate of drug-likeness (QED) is 0.724. The van der Waals surface area contributed by atoms with Crippen molar-refractivity contribution in [2.45, 2.75) is 39.7 Å². The highest BCUT2D eigenvalue weighted by atomic mass is 35.5. The molecule has 0 heterocycles. The molecule has 0 spiro atoms. The van der Waals surface area contributed by atoms with Crippen molar-refractivity contribution in [1.82, 2.24) is 4.90 Å². The first-order valence-electron chi connectivity index (χ1n) is 7.50. The van der Waals surface area contributed by atoms with Gasteiger partial charge >= 0.3 is 5.97 Å². The maximum Gasteiger partial charge on any atom is 0.339 e. The van der Waals surface area contributed by atoms with Crippen LogP contribution in [0.3, 0.4) is 0 Å². The highest BCUT2D eigenvalue weighted by Crippen LogP contribution is 2.25. The normalized spacial score (nSPS) is 12.4. The molecular formula is C16H25ClN2O2. The molecule has 1 atom stereocenters. The lowest BCUT2D eigenvalue weighted by Crippen LogP contribution is -2.26. The summed E-state index contributed by atoms with van der Waals surface area (Å²) in [7, 11) is 0. The zero-order valence-corrected chi connectivity index (χ0v) is 13.8. The van der Waals surface area contributed by atoms with Gasteiger partial charge < -0.3 is 15.3 Å². The zero-order chi connectivity index (χ0) is 15.8. The Labute approximate surface area is 132 Å². The van der Waals surface area contributed by atoms with Crippen LogP contribution in [0.5, 0.6) is 0 Å². The van der Waals surface area contributed by atoms with Gasteiger partial charge in [-0.1, -0.05) is 31.5 Å². The van der Waals surface area contributed by atoms with Gasteiger partial charge in [-0.25, -0.2) is 4.79 Å². The molecule has 0 fully saturated rings. The van der Waals surface area contributed by atoms with E-state index in [1.807, 2.05) is 0 Å². The molecule has 0 saturated carbocycles. The lowest BCUT2D eigenvalue weighted by atomic mass is 10.1. The van der Waals surface area contributed by atoms with E-state index in [-0.39, 0.29) is 16.6 Å². The minimum atomic E-state index is -1.00. The van der Waals surface area contributed by atoms with Crippen LogP contribution in [0.2, 0.25) is 5.02 Å². The average Bonchev–Trinajstić information content (AvgIpc) is 2.43. The van der Waals surface area contributed by atoms with Gasteiger partial charge in [-0.05, 0) is 51.5 Å². The van der Waals surface area contributed by atoms with E-state index >= 15 is 0 Å². The second kappa shape index (κ2) is 8.90. The van der Waals surface area contributed by atoms with E-state index in [0.29, 0.717) is 5.69 Å². The third kappa shape index (κ3) is 5.56. The van der Waals surface area contributed by atoms with Gasteiger partial charge in [-0.2, -0.15) is 0 Å². The lowest BCUT2D eigenvalue weighted by molar-refractivity contribution is 0.0698. The van der Waals surface area contributed by atoms with Gasteiger partial charge in [-0.15, -0.1) is 0 Å². The maximum atomic E-state index is 11.3. The van der Waals surface area contributed by atoms with E-state index in [1.54, 1.807) is 18.2 Å². The van der Waals surface area contributed by atoms with E-state index in [0.717, 1.165) is 32.5 Å². The number of anilines is 1. The molecule has 4 nitrogen and oxygen atoms in total. The fraction of sp³-hybridized carbons (Fsp3) is 0.562. The number of hydrogen-bond donors (Lipinski definition) is 2. The van der Waals surface area contributed by atoms with Crippen LogP contribution in [0, 0.1) is 0 Å². The molecule has 0 aliphatic rings. The Morgan fingerprint density at radius 2 is 2.05 bits per heavy atom. The molecule has 5 heteroatoms. The van der Waals surface area contributed by atoms with Crippen LogP contribution >= 0.6 is 11.6 Å². The summed E-state index contributed by atoms with van der Waals surface area (Å²) in [6.07, 6.45) is 2.07. The Morgan fingerprint density at radius 3 is 2.62 bits per heavy atom. The number of rotatable bonds is 9. The van der Waals surface area contributed by atoms with Gasteiger partial charge in [0.15, 0.2) is 0 Å². The van der Waals surface area contributed by atoms with Crippen molar-refractivity contribution < 1.29 is 9.90 Å². The number of halogens is 1. The van der Waals surface area contributed by atoms with Crippen molar-refractivity contribution in [2.24, 2.45) is 0 Å². The number of benzene rings is 1. The van der Waals surface area contributed by atoms with E-state index < -0.39 is 5.97 Å². The zero-order valence-electron chi connectivity index (χ0n) is 13.0. The van der Waals surface area contributed by atoms with Crippen LogP contribution < -0.4 is 5.32 Å². The summed E-state index contributed by atoms with van der Waals surface area (Å²) in [5, 5.41) is 12.8. The molecule has 0 radical (unpaired) electrons. The Hall–Kier alpha value is -1.26. The van der Waals surface area contributed by atoms with Crippen LogP contribution in [0.4, 0.5) is 5.69 Å². The number of carbonyl (C=O) groups is 1. The average molecular weight is 313 g/mol. The van der Waals surface area contributed by atoms with E-state index in [4.69, 9.17) is 11.6 Å². The first kappa shape index (κ1) is 17.8. The molecule has 21 heavy (non-hydrogen) atoms. The first-order chi connectivity index (χ1) is 9.99. The van der Waals surface area contributed by atoms with Crippen molar-refractivity contribution in [3.8, 4) is 0 Å². The Kier molecular flexibility index (Phi) is 7.54. The van der Waals surface area contributed by atoms with E-state index in [1.165, 1.54) is 0 Å².